The van der Waals surface area contributed by atoms with E-state index < -0.39 is 5.97 Å². The lowest BCUT2D eigenvalue weighted by Gasteiger charge is -2.28. The van der Waals surface area contributed by atoms with Crippen molar-refractivity contribution < 1.29 is 19.4 Å². The van der Waals surface area contributed by atoms with Gasteiger partial charge in [0.1, 0.15) is 11.4 Å². The number of aromatic carboxylic acids is 1. The van der Waals surface area contributed by atoms with Crippen molar-refractivity contribution in [2.24, 2.45) is 0 Å². The Kier molecular flexibility index (Phi) is 4.77. The number of hydrogen-bond acceptors (Lipinski definition) is 5. The van der Waals surface area contributed by atoms with Crippen LogP contribution in [0, 0.1) is 0 Å². The number of aromatic nitrogens is 3. The van der Waals surface area contributed by atoms with Crippen molar-refractivity contribution in [1.29, 1.82) is 0 Å². The fraction of sp³-hybridized carbons (Fsp3) is 0.154. The zero-order valence-corrected chi connectivity index (χ0v) is 18.5. The van der Waals surface area contributed by atoms with Crippen LogP contribution in [-0.4, -0.2) is 44.5 Å². The number of fused-ring (bicyclic) bond motifs is 2. The van der Waals surface area contributed by atoms with Gasteiger partial charge in [0, 0.05) is 42.2 Å². The Bertz CT molecular complexity index is 1550. The smallest absolute Gasteiger partial charge is 0.356 e. The monoisotopic (exact) mass is 468 g/mol. The van der Waals surface area contributed by atoms with Gasteiger partial charge >= 0.3 is 5.97 Å². The van der Waals surface area contributed by atoms with Crippen molar-refractivity contribution in [3.05, 3.63) is 99.7 Å². The number of carbonyl (C=O) groups is 2. The summed E-state index contributed by atoms with van der Waals surface area (Å²) < 4.78 is 8.52. The van der Waals surface area contributed by atoms with Gasteiger partial charge in [-0.05, 0) is 60.5 Å². The summed E-state index contributed by atoms with van der Waals surface area (Å²) in [6.07, 6.45) is 2.79. The van der Waals surface area contributed by atoms with E-state index in [0.717, 1.165) is 17.7 Å². The number of ether oxygens (including phenoxy) is 1. The molecular weight excluding hydrogens is 448 g/mol. The number of amides is 1. The van der Waals surface area contributed by atoms with Gasteiger partial charge in [0.25, 0.3) is 11.5 Å². The molecule has 0 radical (unpaired) electrons. The molecule has 0 aliphatic carbocycles. The van der Waals surface area contributed by atoms with Crippen LogP contribution in [0.2, 0.25) is 0 Å². The molecule has 0 atom stereocenters. The molecule has 2 aliphatic rings. The molecule has 0 spiro atoms. The van der Waals surface area contributed by atoms with Gasteiger partial charge in [0.15, 0.2) is 5.69 Å². The lowest BCUT2D eigenvalue weighted by molar-refractivity contribution is 0.0688. The van der Waals surface area contributed by atoms with Gasteiger partial charge < -0.3 is 14.7 Å². The second-order valence-corrected chi connectivity index (χ2v) is 8.42. The maximum absolute atomic E-state index is 13.7. The lowest BCUT2D eigenvalue weighted by atomic mass is 10.0. The van der Waals surface area contributed by atoms with Crippen molar-refractivity contribution in [2.75, 3.05) is 18.1 Å². The third-order valence-electron chi connectivity index (χ3n) is 6.40. The highest BCUT2D eigenvalue weighted by atomic mass is 16.5. The van der Waals surface area contributed by atoms with E-state index in [9.17, 15) is 19.5 Å². The maximum Gasteiger partial charge on any atom is 0.356 e. The molecule has 174 valence electrons. The number of nitrogens with zero attached hydrogens (tertiary/aromatic N) is 4. The zero-order valence-electron chi connectivity index (χ0n) is 18.5. The number of hydrogen-bond donors (Lipinski definition) is 1. The summed E-state index contributed by atoms with van der Waals surface area (Å²) in [5.41, 5.74) is 3.37. The quantitative estimate of drug-likeness (QED) is 0.494. The number of anilines is 1. The van der Waals surface area contributed by atoms with Crippen molar-refractivity contribution in [2.45, 2.75) is 12.8 Å². The lowest BCUT2D eigenvalue weighted by Crippen LogP contribution is -2.39. The summed E-state index contributed by atoms with van der Waals surface area (Å²) in [6.45, 7) is 0.911. The van der Waals surface area contributed by atoms with E-state index in [2.05, 4.69) is 5.10 Å². The summed E-state index contributed by atoms with van der Waals surface area (Å²) in [7, 11) is 0. The average molecular weight is 468 g/mol. The number of carboxylic acids is 1. The van der Waals surface area contributed by atoms with Crippen LogP contribution in [0.3, 0.4) is 0 Å². The highest BCUT2D eigenvalue weighted by molar-refractivity contribution is 6.09. The third kappa shape index (κ3) is 3.40. The molecule has 1 amide bonds. The normalized spacial score (nSPS) is 14.4. The number of benzene rings is 2. The summed E-state index contributed by atoms with van der Waals surface area (Å²) >= 11 is 0. The molecule has 9 heteroatoms. The molecule has 9 nitrogen and oxygen atoms in total. The summed E-state index contributed by atoms with van der Waals surface area (Å²) in [5, 5.41) is 14.1. The molecule has 4 heterocycles. The second kappa shape index (κ2) is 7.98. The van der Waals surface area contributed by atoms with E-state index >= 15 is 0 Å². The van der Waals surface area contributed by atoms with Crippen LogP contribution >= 0.6 is 0 Å². The average Bonchev–Trinajstić information content (AvgIpc) is 3.50. The second-order valence-electron chi connectivity index (χ2n) is 8.42. The van der Waals surface area contributed by atoms with Gasteiger partial charge in [-0.1, -0.05) is 6.07 Å². The van der Waals surface area contributed by atoms with Crippen molar-refractivity contribution in [1.82, 2.24) is 14.3 Å². The minimum atomic E-state index is -1.16. The fourth-order valence-corrected chi connectivity index (χ4v) is 4.70. The Morgan fingerprint density at radius 1 is 0.943 bits per heavy atom. The molecule has 1 N–H and O–H groups in total. The van der Waals surface area contributed by atoms with E-state index in [1.54, 1.807) is 53.6 Å². The first-order chi connectivity index (χ1) is 17.0. The zero-order chi connectivity index (χ0) is 24.1. The van der Waals surface area contributed by atoms with Crippen LogP contribution in [0.1, 0.15) is 32.1 Å². The molecule has 35 heavy (non-hydrogen) atoms. The first-order valence-corrected chi connectivity index (χ1v) is 11.2. The molecule has 6 rings (SSSR count). The van der Waals surface area contributed by atoms with Gasteiger partial charge in [0.2, 0.25) is 0 Å². The van der Waals surface area contributed by atoms with Gasteiger partial charge in [-0.3, -0.25) is 14.2 Å². The van der Waals surface area contributed by atoms with Crippen molar-refractivity contribution in [3.63, 3.8) is 0 Å². The maximum atomic E-state index is 13.7. The van der Waals surface area contributed by atoms with Crippen LogP contribution in [0.4, 0.5) is 5.69 Å². The van der Waals surface area contributed by atoms with Crippen LogP contribution in [0.25, 0.3) is 11.4 Å². The predicted octanol–water partition coefficient (Wildman–Crippen LogP) is 2.86. The molecule has 0 bridgehead atoms. The van der Waals surface area contributed by atoms with E-state index in [-0.39, 0.29) is 22.9 Å². The Morgan fingerprint density at radius 3 is 2.49 bits per heavy atom. The van der Waals surface area contributed by atoms with Crippen molar-refractivity contribution in [3.8, 4) is 17.1 Å². The minimum absolute atomic E-state index is 0.108. The Hall–Kier alpha value is -4.66. The van der Waals surface area contributed by atoms with Crippen LogP contribution < -0.4 is 15.2 Å². The molecule has 0 saturated heterocycles. The highest BCUT2D eigenvalue weighted by Gasteiger charge is 2.35. The topological polar surface area (TPSA) is 107 Å². The summed E-state index contributed by atoms with van der Waals surface area (Å²) in [5.74, 6) is -0.699. The molecule has 2 aromatic heterocycles. The Labute approximate surface area is 199 Å². The van der Waals surface area contributed by atoms with E-state index in [0.29, 0.717) is 42.2 Å². The third-order valence-corrected chi connectivity index (χ3v) is 6.40. The van der Waals surface area contributed by atoms with Gasteiger partial charge in [-0.15, -0.1) is 0 Å². The summed E-state index contributed by atoms with van der Waals surface area (Å²) in [6, 6.07) is 17.5. The Morgan fingerprint density at radius 2 is 1.71 bits per heavy atom. The number of carbonyl (C=O) groups excluding carboxylic acids is 1. The standard InChI is InChI=1S/C26H20N4O5/c31-22-3-1-2-12-28(22)17-4-6-18(7-5-17)29-13-10-20-23(26(33)34)27-30(24(20)25(29)32)19-8-9-21-16(15-19)11-14-35-21/h1-9,12,15H,10-11,13-14H2,(H,33,34). The van der Waals surface area contributed by atoms with Gasteiger partial charge in [-0.25, -0.2) is 9.48 Å². The fourth-order valence-electron chi connectivity index (χ4n) is 4.70. The van der Waals surface area contributed by atoms with Crippen LogP contribution in [-0.2, 0) is 12.8 Å². The van der Waals surface area contributed by atoms with E-state index in [1.807, 2.05) is 12.1 Å². The van der Waals surface area contributed by atoms with Crippen molar-refractivity contribution >= 4 is 17.6 Å². The summed E-state index contributed by atoms with van der Waals surface area (Å²) in [4.78, 5) is 39.3. The molecule has 0 saturated carbocycles. The van der Waals surface area contributed by atoms with Gasteiger partial charge in [0.05, 0.1) is 12.3 Å². The molecule has 4 aromatic rings. The van der Waals surface area contributed by atoms with Gasteiger partial charge in [-0.2, -0.15) is 5.10 Å². The molecular formula is C26H20N4O5. The number of carboxylic acid groups (broad SMARTS) is 1. The minimum Gasteiger partial charge on any atom is -0.493 e. The first kappa shape index (κ1) is 20.9. The molecule has 2 aromatic carbocycles. The SMILES string of the molecule is O=C(O)c1nn(-c2ccc3c(c2)CCO3)c2c1CCN(c1ccc(-n3ccccc3=O)cc1)C2=O. The van der Waals surface area contributed by atoms with Crippen LogP contribution in [0.5, 0.6) is 5.75 Å². The number of rotatable bonds is 4. The Balaban J connectivity index is 1.40. The van der Waals surface area contributed by atoms with E-state index in [1.165, 1.54) is 15.3 Å². The van der Waals surface area contributed by atoms with E-state index in [4.69, 9.17) is 4.74 Å². The first-order valence-electron chi connectivity index (χ1n) is 11.2. The molecule has 0 unspecified atom stereocenters. The predicted molar refractivity (Wildman–Crippen MR) is 127 cm³/mol. The molecule has 2 aliphatic heterocycles. The highest BCUT2D eigenvalue weighted by Crippen LogP contribution is 2.32. The largest absolute Gasteiger partial charge is 0.493 e. The van der Waals surface area contributed by atoms with Crippen LogP contribution in [0.15, 0.2) is 71.7 Å². The molecule has 0 fully saturated rings. The number of pyridine rings is 1.